The molecule has 166 valence electrons. The Hall–Kier alpha value is -4.21. The quantitative estimate of drug-likeness (QED) is 0.472. The van der Waals surface area contributed by atoms with Crippen LogP contribution in [-0.2, 0) is 6.54 Å². The summed E-state index contributed by atoms with van der Waals surface area (Å²) < 4.78 is 12.5. The van der Waals surface area contributed by atoms with Gasteiger partial charge in [-0.15, -0.1) is 5.10 Å². The van der Waals surface area contributed by atoms with Gasteiger partial charge in [-0.2, -0.15) is 0 Å². The number of benzene rings is 2. The van der Waals surface area contributed by atoms with Crippen LogP contribution in [0.3, 0.4) is 0 Å². The Morgan fingerprint density at radius 2 is 1.76 bits per heavy atom. The van der Waals surface area contributed by atoms with Gasteiger partial charge >= 0.3 is 0 Å². The molecule has 10 nitrogen and oxygen atoms in total. The van der Waals surface area contributed by atoms with E-state index in [4.69, 9.17) is 9.47 Å². The number of aromatic nitrogens is 5. The van der Waals surface area contributed by atoms with Crippen LogP contribution in [0.5, 0.6) is 11.5 Å². The molecule has 0 N–H and O–H groups in total. The van der Waals surface area contributed by atoms with E-state index in [9.17, 15) is 4.79 Å². The largest absolute Gasteiger partial charge is 0.454 e. The predicted octanol–water partition coefficient (Wildman–Crippen LogP) is 1.96. The Bertz CT molecular complexity index is 1320. The monoisotopic (exact) mass is 443 g/mol. The van der Waals surface area contributed by atoms with E-state index in [0.29, 0.717) is 61.0 Å². The molecule has 6 rings (SSSR count). The number of hydrogen-bond donors (Lipinski definition) is 0. The summed E-state index contributed by atoms with van der Waals surface area (Å²) in [5.74, 6) is 2.01. The Morgan fingerprint density at radius 3 is 2.61 bits per heavy atom. The number of piperazine rings is 1. The molecule has 2 aliphatic heterocycles. The second-order valence-corrected chi connectivity index (χ2v) is 7.95. The van der Waals surface area contributed by atoms with Crippen LogP contribution >= 0.6 is 0 Å². The molecule has 0 spiro atoms. The number of amides is 1. The van der Waals surface area contributed by atoms with Gasteiger partial charge in [-0.3, -0.25) is 4.79 Å². The highest BCUT2D eigenvalue weighted by atomic mass is 16.7. The number of hydrogen-bond acceptors (Lipinski definition) is 8. The zero-order valence-corrected chi connectivity index (χ0v) is 17.8. The van der Waals surface area contributed by atoms with Crippen LogP contribution in [0.1, 0.15) is 15.9 Å². The number of fused-ring (bicyclic) bond motifs is 2. The van der Waals surface area contributed by atoms with Crippen LogP contribution in [-0.4, -0.2) is 68.7 Å². The van der Waals surface area contributed by atoms with Gasteiger partial charge in [0.05, 0.1) is 6.54 Å². The van der Waals surface area contributed by atoms with Gasteiger partial charge in [-0.05, 0) is 23.8 Å². The van der Waals surface area contributed by atoms with Crippen molar-refractivity contribution in [2.45, 2.75) is 6.54 Å². The lowest BCUT2D eigenvalue weighted by Crippen LogP contribution is -2.49. The zero-order chi connectivity index (χ0) is 22.2. The van der Waals surface area contributed by atoms with Gasteiger partial charge in [-0.25, -0.2) is 14.6 Å². The molecule has 0 radical (unpaired) electrons. The number of anilines is 1. The van der Waals surface area contributed by atoms with Crippen molar-refractivity contribution in [3.63, 3.8) is 0 Å². The molecule has 1 amide bonds. The summed E-state index contributed by atoms with van der Waals surface area (Å²) in [5.41, 5.74) is 3.09. The van der Waals surface area contributed by atoms with E-state index in [1.807, 2.05) is 35.2 Å². The van der Waals surface area contributed by atoms with Crippen molar-refractivity contribution in [3.8, 4) is 11.5 Å². The van der Waals surface area contributed by atoms with Gasteiger partial charge in [0, 0.05) is 31.7 Å². The summed E-state index contributed by atoms with van der Waals surface area (Å²) in [5, 5.41) is 8.67. The highest BCUT2D eigenvalue weighted by Gasteiger charge is 2.26. The molecule has 0 atom stereocenters. The van der Waals surface area contributed by atoms with E-state index >= 15 is 0 Å². The van der Waals surface area contributed by atoms with Crippen LogP contribution in [0, 0.1) is 0 Å². The maximum atomic E-state index is 13.0. The fourth-order valence-electron chi connectivity index (χ4n) is 4.21. The van der Waals surface area contributed by atoms with Crippen molar-refractivity contribution >= 4 is 22.9 Å². The standard InChI is InChI=1S/C23H21N7O3/c31-23(17-6-7-18-19(12-17)33-15-32-18)29-10-8-28(9-11-29)21-20-22(25-14-24-21)30(27-26-20)13-16-4-2-1-3-5-16/h1-7,12,14H,8-11,13,15H2. The van der Waals surface area contributed by atoms with Crippen molar-refractivity contribution in [2.75, 3.05) is 37.9 Å². The maximum Gasteiger partial charge on any atom is 0.254 e. The van der Waals surface area contributed by atoms with Gasteiger partial charge in [-0.1, -0.05) is 35.5 Å². The maximum absolute atomic E-state index is 13.0. The number of carbonyl (C=O) groups is 1. The molecule has 0 saturated carbocycles. The fourth-order valence-corrected chi connectivity index (χ4v) is 4.21. The minimum atomic E-state index is -0.0189. The van der Waals surface area contributed by atoms with Gasteiger partial charge in [0.1, 0.15) is 6.33 Å². The molecule has 0 bridgehead atoms. The van der Waals surface area contributed by atoms with E-state index in [1.54, 1.807) is 29.2 Å². The molecular weight excluding hydrogens is 422 g/mol. The first-order valence-electron chi connectivity index (χ1n) is 10.8. The van der Waals surface area contributed by atoms with Gasteiger partial charge < -0.3 is 19.3 Å². The van der Waals surface area contributed by atoms with Crippen molar-refractivity contribution in [3.05, 3.63) is 66.0 Å². The minimum Gasteiger partial charge on any atom is -0.454 e. The summed E-state index contributed by atoms with van der Waals surface area (Å²) in [6.07, 6.45) is 1.55. The van der Waals surface area contributed by atoms with E-state index in [0.717, 1.165) is 11.4 Å². The summed E-state index contributed by atoms with van der Waals surface area (Å²) in [6, 6.07) is 15.4. The molecule has 2 aromatic heterocycles. The molecule has 2 aromatic carbocycles. The smallest absolute Gasteiger partial charge is 0.254 e. The van der Waals surface area contributed by atoms with Crippen molar-refractivity contribution in [2.24, 2.45) is 0 Å². The molecular formula is C23H21N7O3. The van der Waals surface area contributed by atoms with E-state index < -0.39 is 0 Å². The van der Waals surface area contributed by atoms with Crippen molar-refractivity contribution < 1.29 is 14.3 Å². The highest BCUT2D eigenvalue weighted by Crippen LogP contribution is 2.33. The molecule has 1 fully saturated rings. The summed E-state index contributed by atoms with van der Waals surface area (Å²) in [4.78, 5) is 25.9. The number of rotatable bonds is 4. The van der Waals surface area contributed by atoms with Gasteiger partial charge in [0.2, 0.25) is 6.79 Å². The number of ether oxygens (including phenoxy) is 2. The Morgan fingerprint density at radius 1 is 0.939 bits per heavy atom. The lowest BCUT2D eigenvalue weighted by molar-refractivity contribution is 0.0746. The number of carbonyl (C=O) groups excluding carboxylic acids is 1. The van der Waals surface area contributed by atoms with Crippen LogP contribution in [0.15, 0.2) is 54.9 Å². The summed E-state index contributed by atoms with van der Waals surface area (Å²) in [6.45, 7) is 3.23. The average molecular weight is 443 g/mol. The zero-order valence-electron chi connectivity index (χ0n) is 17.8. The topological polar surface area (TPSA) is 98.5 Å². The van der Waals surface area contributed by atoms with Crippen LogP contribution in [0.2, 0.25) is 0 Å². The van der Waals surface area contributed by atoms with E-state index in [-0.39, 0.29) is 12.7 Å². The first-order valence-corrected chi connectivity index (χ1v) is 10.8. The average Bonchev–Trinajstić information content (AvgIpc) is 3.51. The van der Waals surface area contributed by atoms with E-state index in [1.165, 1.54) is 0 Å². The minimum absolute atomic E-state index is 0.0189. The van der Waals surface area contributed by atoms with Crippen LogP contribution in [0.25, 0.3) is 11.2 Å². The molecule has 10 heteroatoms. The molecule has 4 aromatic rings. The van der Waals surface area contributed by atoms with Crippen LogP contribution in [0.4, 0.5) is 5.82 Å². The fraction of sp³-hybridized carbons (Fsp3) is 0.261. The third kappa shape index (κ3) is 3.59. The number of nitrogens with zero attached hydrogens (tertiary/aromatic N) is 7. The Balaban J connectivity index is 1.17. The molecule has 1 saturated heterocycles. The lowest BCUT2D eigenvalue weighted by Gasteiger charge is -2.35. The first-order chi connectivity index (χ1) is 16.3. The third-order valence-electron chi connectivity index (χ3n) is 5.94. The molecule has 0 aliphatic carbocycles. The Kier molecular flexibility index (Phi) is 4.75. The molecule has 33 heavy (non-hydrogen) atoms. The normalized spacial score (nSPS) is 15.3. The van der Waals surface area contributed by atoms with Gasteiger partial charge in [0.25, 0.3) is 5.91 Å². The molecule has 4 heterocycles. The highest BCUT2D eigenvalue weighted by molar-refractivity contribution is 5.95. The van der Waals surface area contributed by atoms with Crippen molar-refractivity contribution in [1.29, 1.82) is 0 Å². The van der Waals surface area contributed by atoms with Crippen molar-refractivity contribution in [1.82, 2.24) is 29.9 Å². The predicted molar refractivity (Wildman–Crippen MR) is 119 cm³/mol. The molecule has 2 aliphatic rings. The first kappa shape index (κ1) is 19.5. The second kappa shape index (κ2) is 8.05. The molecule has 0 unspecified atom stereocenters. The summed E-state index contributed by atoms with van der Waals surface area (Å²) in [7, 11) is 0. The van der Waals surface area contributed by atoms with Gasteiger partial charge in [0.15, 0.2) is 28.5 Å². The Labute approximate surface area is 189 Å². The third-order valence-corrected chi connectivity index (χ3v) is 5.94. The second-order valence-electron chi connectivity index (χ2n) is 7.95. The summed E-state index contributed by atoms with van der Waals surface area (Å²) >= 11 is 0. The van der Waals surface area contributed by atoms with Crippen LogP contribution < -0.4 is 14.4 Å². The lowest BCUT2D eigenvalue weighted by atomic mass is 10.1. The van der Waals surface area contributed by atoms with E-state index in [2.05, 4.69) is 25.2 Å². The SMILES string of the molecule is O=C(c1ccc2c(c1)OCO2)N1CCN(c2ncnc3c2nnn3Cc2ccccc2)CC1.